The van der Waals surface area contributed by atoms with Gasteiger partial charge in [0.25, 0.3) is 5.69 Å². The van der Waals surface area contributed by atoms with Crippen LogP contribution in [0.15, 0.2) is 30.5 Å². The number of aryl methyl sites for hydroxylation is 1. The van der Waals surface area contributed by atoms with Gasteiger partial charge in [0, 0.05) is 13.2 Å². The molecule has 0 aliphatic heterocycles. The van der Waals surface area contributed by atoms with Crippen molar-refractivity contribution in [3.63, 3.8) is 0 Å². The first-order chi connectivity index (χ1) is 8.58. The normalized spacial score (nSPS) is 10.3. The Bertz CT molecular complexity index is 579. The van der Waals surface area contributed by atoms with Crippen LogP contribution in [-0.2, 0) is 13.6 Å². The van der Waals surface area contributed by atoms with Gasteiger partial charge in [-0.1, -0.05) is 0 Å². The number of rotatable bonds is 4. The maximum atomic E-state index is 10.8. The standard InChI is InChI=1S/C11H12N4O3/c1-14-8(4-5-13-14)7-12-10-3-2-9(16)6-11(10)15(17)18/h2-6,12,16H,7H2,1H3. The number of benzene rings is 1. The van der Waals surface area contributed by atoms with Crippen LogP contribution in [0.1, 0.15) is 5.69 Å². The Kier molecular flexibility index (Phi) is 3.13. The molecular formula is C11H12N4O3. The molecule has 1 heterocycles. The molecule has 0 radical (unpaired) electrons. The van der Waals surface area contributed by atoms with Crippen LogP contribution in [-0.4, -0.2) is 19.8 Å². The Balaban J connectivity index is 2.19. The molecule has 0 aliphatic rings. The van der Waals surface area contributed by atoms with Crippen molar-refractivity contribution >= 4 is 11.4 Å². The van der Waals surface area contributed by atoms with E-state index in [9.17, 15) is 15.2 Å². The first-order valence-corrected chi connectivity index (χ1v) is 5.26. The van der Waals surface area contributed by atoms with Gasteiger partial charge in [-0.25, -0.2) is 0 Å². The van der Waals surface area contributed by atoms with E-state index in [-0.39, 0.29) is 11.4 Å². The van der Waals surface area contributed by atoms with Crippen LogP contribution < -0.4 is 5.32 Å². The number of hydrogen-bond donors (Lipinski definition) is 2. The summed E-state index contributed by atoms with van der Waals surface area (Å²) >= 11 is 0. The maximum Gasteiger partial charge on any atom is 0.296 e. The van der Waals surface area contributed by atoms with E-state index < -0.39 is 4.92 Å². The molecule has 0 amide bonds. The van der Waals surface area contributed by atoms with E-state index in [1.807, 2.05) is 6.07 Å². The number of nitrogens with zero attached hydrogens (tertiary/aromatic N) is 3. The SMILES string of the molecule is Cn1nccc1CNc1ccc(O)cc1[N+](=O)[O-]. The molecule has 0 saturated heterocycles. The number of anilines is 1. The first kappa shape index (κ1) is 11.9. The molecule has 0 aliphatic carbocycles. The Morgan fingerprint density at radius 2 is 2.28 bits per heavy atom. The van der Waals surface area contributed by atoms with Crippen molar-refractivity contribution in [2.75, 3.05) is 5.32 Å². The van der Waals surface area contributed by atoms with Crippen molar-refractivity contribution in [2.24, 2.45) is 7.05 Å². The molecular weight excluding hydrogens is 236 g/mol. The average Bonchev–Trinajstić information content (AvgIpc) is 2.73. The number of nitro groups is 1. The highest BCUT2D eigenvalue weighted by Crippen LogP contribution is 2.28. The second kappa shape index (κ2) is 4.74. The van der Waals surface area contributed by atoms with Crippen LogP contribution >= 0.6 is 0 Å². The Hall–Kier alpha value is -2.57. The molecule has 7 heteroatoms. The van der Waals surface area contributed by atoms with Crippen LogP contribution in [0.2, 0.25) is 0 Å². The first-order valence-electron chi connectivity index (χ1n) is 5.26. The minimum Gasteiger partial charge on any atom is -0.508 e. The molecule has 2 rings (SSSR count). The fourth-order valence-corrected chi connectivity index (χ4v) is 1.58. The van der Waals surface area contributed by atoms with Gasteiger partial charge in [-0.3, -0.25) is 14.8 Å². The number of aromatic nitrogens is 2. The van der Waals surface area contributed by atoms with Crippen LogP contribution in [0, 0.1) is 10.1 Å². The molecule has 7 nitrogen and oxygen atoms in total. The summed E-state index contributed by atoms with van der Waals surface area (Å²) in [4.78, 5) is 10.3. The van der Waals surface area contributed by atoms with E-state index in [1.165, 1.54) is 12.1 Å². The fraction of sp³-hybridized carbons (Fsp3) is 0.182. The van der Waals surface area contributed by atoms with Crippen molar-refractivity contribution in [3.8, 4) is 5.75 Å². The third-order valence-corrected chi connectivity index (χ3v) is 2.56. The maximum absolute atomic E-state index is 10.8. The van der Waals surface area contributed by atoms with Gasteiger partial charge in [0.15, 0.2) is 0 Å². The molecule has 18 heavy (non-hydrogen) atoms. The quantitative estimate of drug-likeness (QED) is 0.487. The Morgan fingerprint density at radius 1 is 1.50 bits per heavy atom. The largest absolute Gasteiger partial charge is 0.508 e. The number of nitrogens with one attached hydrogen (secondary N) is 1. The summed E-state index contributed by atoms with van der Waals surface area (Å²) in [6.45, 7) is 0.419. The summed E-state index contributed by atoms with van der Waals surface area (Å²) in [5.41, 5.74) is 1.11. The zero-order chi connectivity index (χ0) is 13.1. The predicted octanol–water partition coefficient (Wildman–Crippen LogP) is 1.65. The summed E-state index contributed by atoms with van der Waals surface area (Å²) in [6, 6.07) is 5.81. The summed E-state index contributed by atoms with van der Waals surface area (Å²) in [7, 11) is 1.79. The third kappa shape index (κ3) is 2.40. The zero-order valence-electron chi connectivity index (χ0n) is 9.70. The van der Waals surface area contributed by atoms with Gasteiger partial charge in [-0.2, -0.15) is 5.10 Å². The van der Waals surface area contributed by atoms with Crippen LogP contribution in [0.4, 0.5) is 11.4 Å². The van der Waals surface area contributed by atoms with E-state index in [1.54, 1.807) is 17.9 Å². The second-order valence-corrected chi connectivity index (χ2v) is 3.76. The molecule has 0 spiro atoms. The average molecular weight is 248 g/mol. The highest BCUT2D eigenvalue weighted by molar-refractivity contribution is 5.63. The molecule has 0 unspecified atom stereocenters. The summed E-state index contributed by atoms with van der Waals surface area (Å²) < 4.78 is 1.68. The van der Waals surface area contributed by atoms with Gasteiger partial charge >= 0.3 is 0 Å². The lowest BCUT2D eigenvalue weighted by Gasteiger charge is -2.07. The van der Waals surface area contributed by atoms with E-state index in [0.29, 0.717) is 12.2 Å². The van der Waals surface area contributed by atoms with E-state index >= 15 is 0 Å². The molecule has 2 aromatic rings. The monoisotopic (exact) mass is 248 g/mol. The highest BCUT2D eigenvalue weighted by Gasteiger charge is 2.14. The summed E-state index contributed by atoms with van der Waals surface area (Å²) in [5.74, 6) is -0.132. The minimum atomic E-state index is -0.536. The Labute approximate surface area is 103 Å². The predicted molar refractivity (Wildman–Crippen MR) is 65.3 cm³/mol. The molecule has 0 saturated carbocycles. The van der Waals surface area contributed by atoms with Crippen molar-refractivity contribution in [3.05, 3.63) is 46.3 Å². The molecule has 0 atom stereocenters. The number of phenols is 1. The van der Waals surface area contributed by atoms with Crippen LogP contribution in [0.5, 0.6) is 5.75 Å². The molecule has 0 fully saturated rings. The highest BCUT2D eigenvalue weighted by atomic mass is 16.6. The lowest BCUT2D eigenvalue weighted by Crippen LogP contribution is -2.06. The second-order valence-electron chi connectivity index (χ2n) is 3.76. The summed E-state index contributed by atoms with van der Waals surface area (Å²) in [5, 5.41) is 27.0. The van der Waals surface area contributed by atoms with Gasteiger partial charge < -0.3 is 10.4 Å². The smallest absolute Gasteiger partial charge is 0.296 e. The lowest BCUT2D eigenvalue weighted by molar-refractivity contribution is -0.384. The van der Waals surface area contributed by atoms with E-state index in [4.69, 9.17) is 0 Å². The minimum absolute atomic E-state index is 0.132. The zero-order valence-corrected chi connectivity index (χ0v) is 9.70. The molecule has 94 valence electrons. The lowest BCUT2D eigenvalue weighted by atomic mass is 10.2. The molecule has 1 aromatic heterocycles. The Morgan fingerprint density at radius 3 is 2.89 bits per heavy atom. The number of phenolic OH excluding ortho intramolecular Hbond substituents is 1. The van der Waals surface area contributed by atoms with Crippen molar-refractivity contribution in [1.29, 1.82) is 0 Å². The van der Waals surface area contributed by atoms with Gasteiger partial charge in [-0.05, 0) is 18.2 Å². The van der Waals surface area contributed by atoms with Crippen molar-refractivity contribution in [2.45, 2.75) is 6.54 Å². The van der Waals surface area contributed by atoms with Gasteiger partial charge in [0.1, 0.15) is 11.4 Å². The number of nitro benzene ring substituents is 1. The molecule has 0 bridgehead atoms. The van der Waals surface area contributed by atoms with Crippen molar-refractivity contribution < 1.29 is 10.0 Å². The topological polar surface area (TPSA) is 93.2 Å². The van der Waals surface area contributed by atoms with Crippen LogP contribution in [0.25, 0.3) is 0 Å². The van der Waals surface area contributed by atoms with Crippen LogP contribution in [0.3, 0.4) is 0 Å². The fourth-order valence-electron chi connectivity index (χ4n) is 1.58. The van der Waals surface area contributed by atoms with E-state index in [0.717, 1.165) is 11.8 Å². The number of hydrogen-bond acceptors (Lipinski definition) is 5. The van der Waals surface area contributed by atoms with Crippen molar-refractivity contribution in [1.82, 2.24) is 9.78 Å². The molecule has 1 aromatic carbocycles. The third-order valence-electron chi connectivity index (χ3n) is 2.56. The van der Waals surface area contributed by atoms with Gasteiger partial charge in [0.2, 0.25) is 0 Å². The molecule has 2 N–H and O–H groups in total. The van der Waals surface area contributed by atoms with Gasteiger partial charge in [0.05, 0.1) is 23.2 Å². The number of aromatic hydroxyl groups is 1. The van der Waals surface area contributed by atoms with Gasteiger partial charge in [-0.15, -0.1) is 0 Å². The summed E-state index contributed by atoms with van der Waals surface area (Å²) in [6.07, 6.45) is 1.66. The van der Waals surface area contributed by atoms with E-state index in [2.05, 4.69) is 10.4 Å².